The molecule has 0 bridgehead atoms. The summed E-state index contributed by atoms with van der Waals surface area (Å²) in [5.74, 6) is 0. The molecule has 2 heterocycles. The predicted octanol–water partition coefficient (Wildman–Crippen LogP) is -0.406. The van der Waals surface area contributed by atoms with Gasteiger partial charge >= 0.3 is 0 Å². The van der Waals surface area contributed by atoms with Gasteiger partial charge in [0, 0.05) is 45.0 Å². The number of piperidine rings is 1. The van der Waals surface area contributed by atoms with Crippen LogP contribution in [-0.4, -0.2) is 81.0 Å². The van der Waals surface area contributed by atoms with E-state index in [1.165, 1.54) is 12.8 Å². The lowest BCUT2D eigenvalue weighted by Gasteiger charge is -2.37. The number of nitrogens with one attached hydrogen (secondary N) is 3. The van der Waals surface area contributed by atoms with Crippen LogP contribution in [0.2, 0.25) is 0 Å². The fraction of sp³-hybridized carbons (Fsp3) is 0.923. The third-order valence-electron chi connectivity index (χ3n) is 4.15. The quantitative estimate of drug-likeness (QED) is 0.583. The third-order valence-corrected chi connectivity index (χ3v) is 4.15. The molecule has 2 saturated heterocycles. The highest BCUT2D eigenvalue weighted by atomic mass is 15.3. The van der Waals surface area contributed by atoms with Crippen LogP contribution in [-0.2, 0) is 0 Å². The number of hydrogen-bond donors (Lipinski definition) is 3. The van der Waals surface area contributed by atoms with Gasteiger partial charge in [-0.05, 0) is 33.0 Å². The second-order valence-electron chi connectivity index (χ2n) is 5.51. The van der Waals surface area contributed by atoms with E-state index in [0.29, 0.717) is 6.04 Å². The molecule has 0 amide bonds. The Labute approximate surface area is 110 Å². The topological polar surface area (TPSA) is 54.4 Å². The van der Waals surface area contributed by atoms with E-state index in [1.54, 1.807) is 6.21 Å². The highest BCUT2D eigenvalue weighted by Crippen LogP contribution is 2.06. The van der Waals surface area contributed by atoms with E-state index in [9.17, 15) is 0 Å². The van der Waals surface area contributed by atoms with Gasteiger partial charge in [-0.2, -0.15) is 0 Å². The molecule has 104 valence electrons. The van der Waals surface area contributed by atoms with Gasteiger partial charge in [0.05, 0.1) is 6.04 Å². The summed E-state index contributed by atoms with van der Waals surface area (Å²) in [4.78, 5) is 4.79. The molecule has 3 N–H and O–H groups in total. The van der Waals surface area contributed by atoms with Gasteiger partial charge in [-0.25, -0.2) is 0 Å². The summed E-state index contributed by atoms with van der Waals surface area (Å²) in [6, 6.07) is 0.912. The van der Waals surface area contributed by atoms with Gasteiger partial charge in [-0.3, -0.25) is 4.90 Å². The molecular weight excluding hydrogens is 226 g/mol. The fourth-order valence-corrected chi connectivity index (χ4v) is 2.76. The Morgan fingerprint density at radius 2 is 1.94 bits per heavy atom. The van der Waals surface area contributed by atoms with Gasteiger partial charge in [0.25, 0.3) is 0 Å². The fourth-order valence-electron chi connectivity index (χ4n) is 2.76. The molecular formula is C13H27N5. The maximum absolute atomic E-state index is 7.63. The Morgan fingerprint density at radius 3 is 2.56 bits per heavy atom. The monoisotopic (exact) mass is 253 g/mol. The van der Waals surface area contributed by atoms with Crippen molar-refractivity contribution in [3.63, 3.8) is 0 Å². The number of hydrogen-bond acceptors (Lipinski definition) is 5. The minimum atomic E-state index is 0.272. The largest absolute Gasteiger partial charge is 0.317 e. The van der Waals surface area contributed by atoms with E-state index in [-0.39, 0.29) is 6.04 Å². The minimum absolute atomic E-state index is 0.272. The molecule has 18 heavy (non-hydrogen) atoms. The zero-order valence-electron chi connectivity index (χ0n) is 11.5. The van der Waals surface area contributed by atoms with Gasteiger partial charge < -0.3 is 20.9 Å². The summed E-state index contributed by atoms with van der Waals surface area (Å²) < 4.78 is 0. The van der Waals surface area contributed by atoms with Crippen LogP contribution in [0.5, 0.6) is 0 Å². The molecule has 2 aliphatic rings. The first-order valence-corrected chi connectivity index (χ1v) is 7.17. The number of likely N-dealkylation sites (N-methyl/N-ethyl adjacent to an activating group) is 1. The Kier molecular flexibility index (Phi) is 5.56. The van der Waals surface area contributed by atoms with Crippen LogP contribution in [0.1, 0.15) is 12.8 Å². The predicted molar refractivity (Wildman–Crippen MR) is 75.5 cm³/mol. The lowest BCUT2D eigenvalue weighted by molar-refractivity contribution is 0.135. The first-order chi connectivity index (χ1) is 8.79. The lowest BCUT2D eigenvalue weighted by atomic mass is 10.1. The van der Waals surface area contributed by atoms with E-state index in [0.717, 1.165) is 45.8 Å². The molecule has 2 rings (SSSR count). The summed E-state index contributed by atoms with van der Waals surface area (Å²) in [6.45, 7) is 7.60. The maximum atomic E-state index is 7.63. The molecule has 1 unspecified atom stereocenters. The number of rotatable bonds is 5. The second-order valence-corrected chi connectivity index (χ2v) is 5.51. The highest BCUT2D eigenvalue weighted by molar-refractivity contribution is 5.61. The maximum Gasteiger partial charge on any atom is 0.0570 e. The Morgan fingerprint density at radius 1 is 1.28 bits per heavy atom. The van der Waals surface area contributed by atoms with Crippen LogP contribution in [0.15, 0.2) is 0 Å². The molecule has 2 aliphatic heterocycles. The molecule has 0 aromatic carbocycles. The van der Waals surface area contributed by atoms with Crippen molar-refractivity contribution in [2.75, 3.05) is 52.9 Å². The van der Waals surface area contributed by atoms with Gasteiger partial charge in [0.2, 0.25) is 0 Å². The molecule has 2 fully saturated rings. The zero-order valence-corrected chi connectivity index (χ0v) is 11.5. The van der Waals surface area contributed by atoms with Crippen molar-refractivity contribution in [3.05, 3.63) is 0 Å². The van der Waals surface area contributed by atoms with Crippen molar-refractivity contribution in [2.45, 2.75) is 24.9 Å². The van der Waals surface area contributed by atoms with Crippen molar-refractivity contribution < 1.29 is 0 Å². The normalized spacial score (nSPS) is 26.1. The highest BCUT2D eigenvalue weighted by Gasteiger charge is 2.22. The summed E-state index contributed by atoms with van der Waals surface area (Å²) >= 11 is 0. The van der Waals surface area contributed by atoms with Crippen LogP contribution in [0, 0.1) is 5.41 Å². The number of nitrogens with zero attached hydrogens (tertiary/aromatic N) is 2. The first-order valence-electron chi connectivity index (χ1n) is 7.17. The van der Waals surface area contributed by atoms with Crippen molar-refractivity contribution in [3.8, 4) is 0 Å². The van der Waals surface area contributed by atoms with Crippen LogP contribution >= 0.6 is 0 Å². The Hall–Kier alpha value is -0.490. The second kappa shape index (κ2) is 7.19. The molecule has 0 aromatic heterocycles. The van der Waals surface area contributed by atoms with Gasteiger partial charge in [-0.1, -0.05) is 0 Å². The van der Waals surface area contributed by atoms with E-state index in [4.69, 9.17) is 5.41 Å². The average Bonchev–Trinajstić information content (AvgIpc) is 2.42. The summed E-state index contributed by atoms with van der Waals surface area (Å²) in [7, 11) is 2.17. The van der Waals surface area contributed by atoms with Crippen LogP contribution in [0.3, 0.4) is 0 Å². The number of piperazine rings is 1. The average molecular weight is 253 g/mol. The molecule has 0 aromatic rings. The Balaban J connectivity index is 1.72. The first kappa shape index (κ1) is 13.9. The molecule has 0 saturated carbocycles. The van der Waals surface area contributed by atoms with Gasteiger partial charge in [-0.15, -0.1) is 0 Å². The van der Waals surface area contributed by atoms with Gasteiger partial charge in [0.1, 0.15) is 0 Å². The molecule has 5 heteroatoms. The summed E-state index contributed by atoms with van der Waals surface area (Å²) in [5, 5.41) is 14.6. The lowest BCUT2D eigenvalue weighted by Crippen LogP contribution is -2.54. The van der Waals surface area contributed by atoms with Crippen LogP contribution in [0.25, 0.3) is 0 Å². The van der Waals surface area contributed by atoms with Crippen molar-refractivity contribution in [1.29, 1.82) is 5.41 Å². The van der Waals surface area contributed by atoms with E-state index < -0.39 is 0 Å². The molecule has 5 nitrogen and oxygen atoms in total. The van der Waals surface area contributed by atoms with E-state index >= 15 is 0 Å². The van der Waals surface area contributed by atoms with E-state index in [2.05, 4.69) is 27.5 Å². The smallest absolute Gasteiger partial charge is 0.0570 e. The van der Waals surface area contributed by atoms with Crippen LogP contribution in [0.4, 0.5) is 0 Å². The standard InChI is InChI=1S/C13H27N5/c1-17-6-8-18(9-7-17)13(10-14)11-16-12-2-4-15-5-3-12/h10,12-16H,2-9,11H2,1H3. The zero-order chi connectivity index (χ0) is 12.8. The van der Waals surface area contributed by atoms with Crippen LogP contribution < -0.4 is 10.6 Å². The summed E-state index contributed by atoms with van der Waals surface area (Å²) in [6.07, 6.45) is 4.04. The molecule has 0 radical (unpaired) electrons. The van der Waals surface area contributed by atoms with Crippen molar-refractivity contribution in [1.82, 2.24) is 20.4 Å². The van der Waals surface area contributed by atoms with Crippen molar-refractivity contribution in [2.24, 2.45) is 0 Å². The van der Waals surface area contributed by atoms with Crippen molar-refractivity contribution >= 4 is 6.21 Å². The minimum Gasteiger partial charge on any atom is -0.317 e. The molecule has 1 atom stereocenters. The SMILES string of the molecule is CN1CCN(C(C=N)CNC2CCNCC2)CC1. The molecule has 0 spiro atoms. The third kappa shape index (κ3) is 4.02. The van der Waals surface area contributed by atoms with E-state index in [1.807, 2.05) is 0 Å². The summed E-state index contributed by atoms with van der Waals surface area (Å²) in [5.41, 5.74) is 0. The molecule has 0 aliphatic carbocycles. The van der Waals surface area contributed by atoms with Gasteiger partial charge in [0.15, 0.2) is 0 Å². The Bertz CT molecular complexity index is 244.